The number of hydrogen-bond acceptors (Lipinski definition) is 3. The fourth-order valence-electron chi connectivity index (χ4n) is 2.03. The molecule has 2 N–H and O–H groups in total. The van der Waals surface area contributed by atoms with Crippen LogP contribution < -0.4 is 10.6 Å². The van der Waals surface area contributed by atoms with Crippen LogP contribution in [0.4, 0.5) is 10.1 Å². The van der Waals surface area contributed by atoms with E-state index in [1.807, 2.05) is 13.1 Å². The Labute approximate surface area is 117 Å². The average Bonchev–Trinajstić information content (AvgIpc) is 2.88. The molecule has 102 valence electrons. The molecule has 0 saturated carbocycles. The number of anilines is 1. The van der Waals surface area contributed by atoms with Crippen molar-refractivity contribution in [3.8, 4) is 0 Å². The Kier molecular flexibility index (Phi) is 4.93. The molecule has 0 aliphatic heterocycles. The highest BCUT2D eigenvalue weighted by molar-refractivity contribution is 7.09. The molecular formula is C15H19FN2S. The molecule has 2 nitrogen and oxygen atoms in total. The van der Waals surface area contributed by atoms with E-state index in [9.17, 15) is 4.39 Å². The predicted molar refractivity (Wildman–Crippen MR) is 80.5 cm³/mol. The lowest BCUT2D eigenvalue weighted by atomic mass is 10.1. The largest absolute Gasteiger partial charge is 0.374 e. The Balaban J connectivity index is 2.03. The zero-order valence-corrected chi connectivity index (χ0v) is 11.9. The number of nitrogens with zero attached hydrogens (tertiary/aromatic N) is 1. The molecule has 0 amide bonds. The summed E-state index contributed by atoms with van der Waals surface area (Å²) in [5, 5.41) is 2.08. The van der Waals surface area contributed by atoms with Gasteiger partial charge in [0.25, 0.3) is 0 Å². The zero-order chi connectivity index (χ0) is 13.7. The minimum Gasteiger partial charge on any atom is -0.374 e. The lowest BCUT2D eigenvalue weighted by molar-refractivity contribution is 0.624. The molecule has 4 heteroatoms. The minimum absolute atomic E-state index is 0.191. The van der Waals surface area contributed by atoms with Crippen LogP contribution in [0, 0.1) is 5.82 Å². The summed E-state index contributed by atoms with van der Waals surface area (Å²) in [6.07, 6.45) is 1.69. The number of thiophene rings is 1. The smallest absolute Gasteiger partial charge is 0.125 e. The van der Waals surface area contributed by atoms with Gasteiger partial charge in [-0.25, -0.2) is 4.39 Å². The van der Waals surface area contributed by atoms with E-state index in [4.69, 9.17) is 5.73 Å². The van der Waals surface area contributed by atoms with E-state index in [1.165, 1.54) is 4.88 Å². The third kappa shape index (κ3) is 4.04. The summed E-state index contributed by atoms with van der Waals surface area (Å²) in [4.78, 5) is 3.44. The molecule has 0 aliphatic rings. The fraction of sp³-hybridized carbons (Fsp3) is 0.333. The van der Waals surface area contributed by atoms with E-state index in [-0.39, 0.29) is 5.82 Å². The topological polar surface area (TPSA) is 29.3 Å². The van der Waals surface area contributed by atoms with Gasteiger partial charge in [-0.3, -0.25) is 0 Å². The van der Waals surface area contributed by atoms with Crippen molar-refractivity contribution < 1.29 is 4.39 Å². The third-order valence-corrected chi connectivity index (χ3v) is 4.03. The maximum absolute atomic E-state index is 13.6. The highest BCUT2D eigenvalue weighted by Crippen LogP contribution is 2.19. The first-order valence-corrected chi connectivity index (χ1v) is 7.30. The molecule has 19 heavy (non-hydrogen) atoms. The van der Waals surface area contributed by atoms with E-state index in [2.05, 4.69) is 22.4 Å². The molecule has 0 aliphatic carbocycles. The van der Waals surface area contributed by atoms with Crippen LogP contribution in [0.3, 0.4) is 0 Å². The maximum atomic E-state index is 13.6. The van der Waals surface area contributed by atoms with Crippen LogP contribution in [0.15, 0.2) is 35.7 Å². The molecule has 0 spiro atoms. The summed E-state index contributed by atoms with van der Waals surface area (Å²) in [5.41, 5.74) is 7.40. The Morgan fingerprint density at radius 3 is 2.79 bits per heavy atom. The Morgan fingerprint density at radius 2 is 2.11 bits per heavy atom. The fourth-order valence-corrected chi connectivity index (χ4v) is 2.72. The summed E-state index contributed by atoms with van der Waals surface area (Å²) in [6, 6.07) is 9.34. The Hall–Kier alpha value is -1.39. The predicted octanol–water partition coefficient (Wildman–Crippen LogP) is 3.07. The number of rotatable bonds is 6. The molecule has 2 rings (SSSR count). The van der Waals surface area contributed by atoms with E-state index >= 15 is 0 Å². The van der Waals surface area contributed by atoms with Gasteiger partial charge >= 0.3 is 0 Å². The number of nitrogens with two attached hydrogens (primary N) is 1. The molecule has 0 saturated heterocycles. The van der Waals surface area contributed by atoms with Gasteiger partial charge in [0.2, 0.25) is 0 Å². The molecule has 1 aromatic heterocycles. The summed E-state index contributed by atoms with van der Waals surface area (Å²) < 4.78 is 13.6. The minimum atomic E-state index is -0.191. The molecule has 2 aromatic rings. The van der Waals surface area contributed by atoms with Crippen LogP contribution >= 0.6 is 11.3 Å². The van der Waals surface area contributed by atoms with Gasteiger partial charge in [-0.05, 0) is 54.6 Å². The third-order valence-electron chi connectivity index (χ3n) is 3.09. The van der Waals surface area contributed by atoms with Crippen LogP contribution in [-0.2, 0) is 12.8 Å². The first-order valence-electron chi connectivity index (χ1n) is 6.42. The highest BCUT2D eigenvalue weighted by atomic mass is 32.1. The van der Waals surface area contributed by atoms with Crippen molar-refractivity contribution in [3.05, 3.63) is 52.0 Å². The first-order chi connectivity index (χ1) is 9.19. The summed E-state index contributed by atoms with van der Waals surface area (Å²) in [7, 11) is 1.99. The van der Waals surface area contributed by atoms with Crippen molar-refractivity contribution in [2.75, 3.05) is 25.0 Å². The molecule has 0 bridgehead atoms. The van der Waals surface area contributed by atoms with Crippen molar-refractivity contribution in [1.82, 2.24) is 0 Å². The number of halogens is 1. The van der Waals surface area contributed by atoms with Crippen molar-refractivity contribution in [2.24, 2.45) is 5.73 Å². The van der Waals surface area contributed by atoms with Crippen LogP contribution in [0.2, 0.25) is 0 Å². The van der Waals surface area contributed by atoms with E-state index in [1.54, 1.807) is 23.5 Å². The van der Waals surface area contributed by atoms with E-state index in [0.717, 1.165) is 24.2 Å². The monoisotopic (exact) mass is 278 g/mol. The number of likely N-dealkylation sites (N-methyl/N-ethyl adjacent to an activating group) is 1. The van der Waals surface area contributed by atoms with Gasteiger partial charge in [-0.1, -0.05) is 6.07 Å². The standard InChI is InChI=1S/C15H19FN2S/c1-18(7-5-15-3-2-8-19-15)14-10-12(4-6-17)9-13(16)11-14/h2-3,8-11H,4-7,17H2,1H3. The Bertz CT molecular complexity index is 511. The van der Waals surface area contributed by atoms with Crippen molar-refractivity contribution >= 4 is 17.0 Å². The van der Waals surface area contributed by atoms with Gasteiger partial charge in [-0.2, -0.15) is 0 Å². The second-order valence-corrected chi connectivity index (χ2v) is 5.64. The molecule has 0 unspecified atom stereocenters. The lowest BCUT2D eigenvalue weighted by Crippen LogP contribution is -2.20. The SMILES string of the molecule is CN(CCc1cccs1)c1cc(F)cc(CCN)c1. The van der Waals surface area contributed by atoms with Crippen LogP contribution in [0.1, 0.15) is 10.4 Å². The zero-order valence-electron chi connectivity index (χ0n) is 11.1. The normalized spacial score (nSPS) is 10.7. The van der Waals surface area contributed by atoms with Crippen LogP contribution in [0.25, 0.3) is 0 Å². The maximum Gasteiger partial charge on any atom is 0.125 e. The van der Waals surface area contributed by atoms with E-state index in [0.29, 0.717) is 13.0 Å². The molecule has 0 fully saturated rings. The molecule has 0 radical (unpaired) electrons. The average molecular weight is 278 g/mol. The van der Waals surface area contributed by atoms with Gasteiger partial charge in [-0.15, -0.1) is 11.3 Å². The number of benzene rings is 1. The number of hydrogen-bond donors (Lipinski definition) is 1. The quantitative estimate of drug-likeness (QED) is 0.880. The molecule has 0 atom stereocenters. The molecular weight excluding hydrogens is 259 g/mol. The van der Waals surface area contributed by atoms with Gasteiger partial charge in [0.1, 0.15) is 5.82 Å². The van der Waals surface area contributed by atoms with Crippen LogP contribution in [0.5, 0.6) is 0 Å². The van der Waals surface area contributed by atoms with E-state index < -0.39 is 0 Å². The van der Waals surface area contributed by atoms with Gasteiger partial charge < -0.3 is 10.6 Å². The summed E-state index contributed by atoms with van der Waals surface area (Å²) >= 11 is 1.76. The van der Waals surface area contributed by atoms with Gasteiger partial charge in [0.05, 0.1) is 0 Å². The lowest BCUT2D eigenvalue weighted by Gasteiger charge is -2.20. The van der Waals surface area contributed by atoms with Crippen molar-refractivity contribution in [2.45, 2.75) is 12.8 Å². The Morgan fingerprint density at radius 1 is 1.26 bits per heavy atom. The molecule has 1 heterocycles. The summed E-state index contributed by atoms with van der Waals surface area (Å²) in [5.74, 6) is -0.191. The van der Waals surface area contributed by atoms with Gasteiger partial charge in [0.15, 0.2) is 0 Å². The van der Waals surface area contributed by atoms with Crippen molar-refractivity contribution in [1.29, 1.82) is 0 Å². The summed E-state index contributed by atoms with van der Waals surface area (Å²) in [6.45, 7) is 1.42. The second kappa shape index (κ2) is 6.68. The first kappa shape index (κ1) is 14.0. The van der Waals surface area contributed by atoms with Crippen molar-refractivity contribution in [3.63, 3.8) is 0 Å². The van der Waals surface area contributed by atoms with Crippen LogP contribution in [-0.4, -0.2) is 20.1 Å². The highest BCUT2D eigenvalue weighted by Gasteiger charge is 2.06. The van der Waals surface area contributed by atoms with Gasteiger partial charge in [0, 0.05) is 24.2 Å². The molecule has 1 aromatic carbocycles. The second-order valence-electron chi connectivity index (χ2n) is 4.61.